The second-order valence-electron chi connectivity index (χ2n) is 4.34. The lowest BCUT2D eigenvalue weighted by molar-refractivity contribution is -0.196. The van der Waals surface area contributed by atoms with Gasteiger partial charge in [-0.25, -0.2) is 0 Å². The lowest BCUT2D eigenvalue weighted by Gasteiger charge is -2.30. The predicted molar refractivity (Wildman–Crippen MR) is 55.4 cm³/mol. The fourth-order valence-electron chi connectivity index (χ4n) is 1.75. The van der Waals surface area contributed by atoms with Gasteiger partial charge >= 0.3 is 0 Å². The molecule has 14 heavy (non-hydrogen) atoms. The second-order valence-corrected chi connectivity index (χ2v) is 4.34. The highest BCUT2D eigenvalue weighted by atomic mass is 16.5. The summed E-state index contributed by atoms with van der Waals surface area (Å²) in [5.74, 6) is -1.34. The maximum atomic E-state index is 9.38. The van der Waals surface area contributed by atoms with Gasteiger partial charge in [-0.15, -0.1) is 0 Å². The van der Waals surface area contributed by atoms with E-state index in [0.717, 1.165) is 0 Å². The summed E-state index contributed by atoms with van der Waals surface area (Å²) in [4.78, 5) is 0. The molecular weight excluding hydrogens is 182 g/mol. The summed E-state index contributed by atoms with van der Waals surface area (Å²) >= 11 is 0. The fraction of sp³-hybridized carbons (Fsp3) is 1.00. The molecule has 0 aliphatic heterocycles. The van der Waals surface area contributed by atoms with Crippen molar-refractivity contribution in [1.29, 1.82) is 0 Å². The highest BCUT2D eigenvalue weighted by Crippen LogP contribution is 2.25. The normalized spacial score (nSPS) is 17.1. The maximum absolute atomic E-state index is 9.38. The Balaban J connectivity index is 4.23. The first-order valence-corrected chi connectivity index (χ1v) is 5.08. The van der Waals surface area contributed by atoms with Crippen LogP contribution in [0.5, 0.6) is 0 Å². The van der Waals surface area contributed by atoms with Crippen molar-refractivity contribution >= 4 is 0 Å². The zero-order valence-corrected chi connectivity index (χ0v) is 9.49. The lowest BCUT2D eigenvalue weighted by atomic mass is 9.82. The molecular formula is C10H23NO3. The van der Waals surface area contributed by atoms with Gasteiger partial charge in [-0.2, -0.15) is 0 Å². The Morgan fingerprint density at radius 1 is 1.21 bits per heavy atom. The van der Waals surface area contributed by atoms with Gasteiger partial charge in [0.2, 0.25) is 5.91 Å². The molecule has 2 atom stereocenters. The van der Waals surface area contributed by atoms with E-state index in [0.29, 0.717) is 5.92 Å². The average Bonchev–Trinajstić information content (AvgIpc) is 2.03. The zero-order valence-electron chi connectivity index (χ0n) is 9.49. The lowest BCUT2D eigenvalue weighted by Crippen LogP contribution is -2.45. The highest BCUT2D eigenvalue weighted by Gasteiger charge is 2.29. The van der Waals surface area contributed by atoms with Crippen LogP contribution in [0.4, 0.5) is 0 Å². The van der Waals surface area contributed by atoms with Gasteiger partial charge < -0.3 is 15.3 Å². The largest absolute Gasteiger partial charge is 0.396 e. The minimum absolute atomic E-state index is 0.0578. The third-order valence-electron chi connectivity index (χ3n) is 2.81. The SMILES string of the molecule is CNC(O)(O)CC(C)C(CO)C(C)C. The van der Waals surface area contributed by atoms with Gasteiger partial charge in [-0.3, -0.25) is 5.32 Å². The van der Waals surface area contributed by atoms with E-state index in [9.17, 15) is 10.2 Å². The van der Waals surface area contributed by atoms with E-state index in [1.165, 1.54) is 7.05 Å². The van der Waals surface area contributed by atoms with Gasteiger partial charge in [0.05, 0.1) is 0 Å². The molecule has 86 valence electrons. The molecule has 0 amide bonds. The predicted octanol–water partition coefficient (Wildman–Crippen LogP) is 0.135. The summed E-state index contributed by atoms with van der Waals surface area (Å²) in [5, 5.41) is 30.3. The Kier molecular flexibility index (Phi) is 5.59. The summed E-state index contributed by atoms with van der Waals surface area (Å²) in [5.41, 5.74) is 0. The topological polar surface area (TPSA) is 72.7 Å². The molecule has 4 nitrogen and oxygen atoms in total. The Morgan fingerprint density at radius 3 is 2.00 bits per heavy atom. The Morgan fingerprint density at radius 2 is 1.71 bits per heavy atom. The molecule has 0 aliphatic rings. The second kappa shape index (κ2) is 5.66. The standard InChI is InChI=1S/C10H23NO3/c1-7(2)9(6-12)8(3)5-10(13,14)11-4/h7-9,11-14H,5-6H2,1-4H3. The van der Waals surface area contributed by atoms with Crippen LogP contribution in [0, 0.1) is 17.8 Å². The molecule has 4 heteroatoms. The minimum Gasteiger partial charge on any atom is -0.396 e. The van der Waals surface area contributed by atoms with Crippen LogP contribution in [-0.2, 0) is 0 Å². The van der Waals surface area contributed by atoms with Gasteiger partial charge in [0.25, 0.3) is 0 Å². The Labute approximate surface area is 86.0 Å². The van der Waals surface area contributed by atoms with Crippen molar-refractivity contribution in [3.8, 4) is 0 Å². The Hall–Kier alpha value is -0.160. The van der Waals surface area contributed by atoms with Gasteiger partial charge in [0, 0.05) is 13.0 Å². The average molecular weight is 205 g/mol. The van der Waals surface area contributed by atoms with Crippen LogP contribution in [0.25, 0.3) is 0 Å². The van der Waals surface area contributed by atoms with Crippen LogP contribution < -0.4 is 5.32 Å². The molecule has 0 aromatic heterocycles. The van der Waals surface area contributed by atoms with E-state index in [1.54, 1.807) is 0 Å². The molecule has 0 saturated heterocycles. The smallest absolute Gasteiger partial charge is 0.222 e. The fourth-order valence-corrected chi connectivity index (χ4v) is 1.75. The van der Waals surface area contributed by atoms with Crippen molar-refractivity contribution in [1.82, 2.24) is 5.32 Å². The first-order valence-electron chi connectivity index (χ1n) is 5.08. The van der Waals surface area contributed by atoms with Crippen molar-refractivity contribution in [3.05, 3.63) is 0 Å². The van der Waals surface area contributed by atoms with Gasteiger partial charge in [-0.1, -0.05) is 20.8 Å². The third-order valence-corrected chi connectivity index (χ3v) is 2.81. The monoisotopic (exact) mass is 205 g/mol. The molecule has 0 aromatic rings. The summed E-state index contributed by atoms with van der Waals surface area (Å²) < 4.78 is 0. The molecule has 0 saturated carbocycles. The molecule has 0 fully saturated rings. The highest BCUT2D eigenvalue weighted by molar-refractivity contribution is 4.73. The van der Waals surface area contributed by atoms with E-state index >= 15 is 0 Å². The van der Waals surface area contributed by atoms with Crippen LogP contribution in [0.2, 0.25) is 0 Å². The van der Waals surface area contributed by atoms with E-state index in [-0.39, 0.29) is 24.9 Å². The summed E-state index contributed by atoms with van der Waals surface area (Å²) in [6.45, 7) is 6.04. The maximum Gasteiger partial charge on any atom is 0.222 e. The number of rotatable bonds is 6. The third kappa shape index (κ3) is 4.37. The van der Waals surface area contributed by atoms with Gasteiger partial charge in [0.1, 0.15) is 0 Å². The van der Waals surface area contributed by atoms with E-state index in [4.69, 9.17) is 5.11 Å². The van der Waals surface area contributed by atoms with E-state index < -0.39 is 5.91 Å². The number of hydrogen-bond acceptors (Lipinski definition) is 4. The quantitative estimate of drug-likeness (QED) is 0.465. The van der Waals surface area contributed by atoms with Crippen LogP contribution in [-0.4, -0.2) is 34.9 Å². The summed E-state index contributed by atoms with van der Waals surface area (Å²) in [7, 11) is 1.50. The van der Waals surface area contributed by atoms with Crippen molar-refractivity contribution < 1.29 is 15.3 Å². The molecule has 4 N–H and O–H groups in total. The molecule has 2 unspecified atom stereocenters. The molecule has 0 bridgehead atoms. The molecule has 0 radical (unpaired) electrons. The van der Waals surface area contributed by atoms with Crippen molar-refractivity contribution in [2.24, 2.45) is 17.8 Å². The van der Waals surface area contributed by atoms with Crippen molar-refractivity contribution in [2.75, 3.05) is 13.7 Å². The van der Waals surface area contributed by atoms with E-state index in [1.807, 2.05) is 20.8 Å². The van der Waals surface area contributed by atoms with Gasteiger partial charge in [0.15, 0.2) is 0 Å². The van der Waals surface area contributed by atoms with E-state index in [2.05, 4.69) is 5.32 Å². The van der Waals surface area contributed by atoms with Crippen LogP contribution in [0.3, 0.4) is 0 Å². The first-order chi connectivity index (χ1) is 6.34. The Bertz CT molecular complexity index is 159. The summed E-state index contributed by atoms with van der Waals surface area (Å²) in [6.07, 6.45) is 0.215. The number of aliphatic hydroxyl groups excluding tert-OH is 1. The molecule has 0 aromatic carbocycles. The van der Waals surface area contributed by atoms with Crippen LogP contribution in [0.1, 0.15) is 27.2 Å². The van der Waals surface area contributed by atoms with Crippen LogP contribution in [0.15, 0.2) is 0 Å². The summed E-state index contributed by atoms with van der Waals surface area (Å²) in [6, 6.07) is 0. The molecule has 0 spiro atoms. The number of hydrogen-bond donors (Lipinski definition) is 4. The van der Waals surface area contributed by atoms with Crippen molar-refractivity contribution in [3.63, 3.8) is 0 Å². The van der Waals surface area contributed by atoms with Crippen molar-refractivity contribution in [2.45, 2.75) is 33.1 Å². The molecule has 0 heterocycles. The molecule has 0 rings (SSSR count). The van der Waals surface area contributed by atoms with Crippen LogP contribution >= 0.6 is 0 Å². The zero-order chi connectivity index (χ0) is 11.4. The minimum atomic E-state index is -1.83. The first kappa shape index (κ1) is 13.8. The van der Waals surface area contributed by atoms with Gasteiger partial charge in [-0.05, 0) is 24.8 Å². The number of nitrogens with one attached hydrogen (secondary N) is 1. The molecule has 0 aliphatic carbocycles. The number of aliphatic hydroxyl groups is 3.